The average molecular weight is 1090 g/mol. The van der Waals surface area contributed by atoms with Gasteiger partial charge in [-0.25, -0.2) is 8.42 Å². The maximum absolute atomic E-state index is 13.0. The number of fused-ring (bicyclic) bond motifs is 4. The van der Waals surface area contributed by atoms with Crippen molar-refractivity contribution in [3.05, 3.63) is 136 Å². The van der Waals surface area contributed by atoms with Crippen LogP contribution in [0.3, 0.4) is 0 Å². The molecule has 0 unspecified atom stereocenters. The Morgan fingerprint density at radius 2 is 1.06 bits per heavy atom. The Bertz CT molecular complexity index is 2590. The summed E-state index contributed by atoms with van der Waals surface area (Å²) >= 11 is 19.9. The summed E-state index contributed by atoms with van der Waals surface area (Å²) in [5.41, 5.74) is 14.8. The van der Waals surface area contributed by atoms with Crippen molar-refractivity contribution in [3.8, 4) is 0 Å². The van der Waals surface area contributed by atoms with Crippen LogP contribution in [0.25, 0.3) is 11.1 Å². The number of nitrogens with zero attached hydrogens (tertiary/aromatic N) is 6. The van der Waals surface area contributed by atoms with Gasteiger partial charge in [0, 0.05) is 88.2 Å². The van der Waals surface area contributed by atoms with Gasteiger partial charge in [0.05, 0.1) is 29.4 Å². The van der Waals surface area contributed by atoms with E-state index < -0.39 is 9.84 Å². The van der Waals surface area contributed by atoms with Gasteiger partial charge in [-0.15, -0.1) is 0 Å². The predicted molar refractivity (Wildman–Crippen MR) is 275 cm³/mol. The number of aryl methyl sites for hydroxylation is 4. The van der Waals surface area contributed by atoms with E-state index in [2.05, 4.69) is 85.1 Å². The van der Waals surface area contributed by atoms with Crippen molar-refractivity contribution in [2.24, 2.45) is 5.92 Å². The van der Waals surface area contributed by atoms with Crippen LogP contribution in [0.4, 0.5) is 0 Å². The van der Waals surface area contributed by atoms with Gasteiger partial charge in [0.25, 0.3) is 0 Å². The topological polar surface area (TPSA) is 107 Å². The van der Waals surface area contributed by atoms with Crippen molar-refractivity contribution < 1.29 is 18.0 Å². The van der Waals surface area contributed by atoms with Crippen LogP contribution in [0.15, 0.2) is 81.0 Å². The van der Waals surface area contributed by atoms with Crippen LogP contribution in [0.5, 0.6) is 0 Å². The lowest BCUT2D eigenvalue weighted by Gasteiger charge is -2.33. The number of carbonyl (C=O) groups excluding carboxylic acids is 2. The maximum atomic E-state index is 13.0. The first-order valence-corrected chi connectivity index (χ1v) is 27.9. The van der Waals surface area contributed by atoms with Gasteiger partial charge < -0.3 is 14.7 Å². The quantitative estimate of drug-likeness (QED) is 0.199. The first-order valence-electron chi connectivity index (χ1n) is 23.7. The normalized spacial score (nSPS) is 20.1. The number of halogens is 4. The Hall–Kier alpha value is -3.43. The van der Waals surface area contributed by atoms with Crippen LogP contribution in [0.2, 0.25) is 10.0 Å². The zero-order chi connectivity index (χ0) is 46.8. The average Bonchev–Trinajstić information content (AvgIpc) is 3.57. The summed E-state index contributed by atoms with van der Waals surface area (Å²) < 4.78 is 25.3. The molecule has 67 heavy (non-hydrogen) atoms. The minimum Gasteiger partial charge on any atom is -0.342 e. The summed E-state index contributed by atoms with van der Waals surface area (Å²) in [6.07, 6.45) is 13.9. The molecular formula is C52H58Br2Cl2N6O4S. The van der Waals surface area contributed by atoms with E-state index in [4.69, 9.17) is 33.2 Å². The van der Waals surface area contributed by atoms with Gasteiger partial charge in [0.1, 0.15) is 0 Å². The molecule has 0 atom stereocenters. The van der Waals surface area contributed by atoms with E-state index in [1.807, 2.05) is 34.3 Å². The molecule has 0 radical (unpaired) electrons. The lowest BCUT2D eigenvalue weighted by Crippen LogP contribution is -2.47. The highest BCUT2D eigenvalue weighted by molar-refractivity contribution is 9.10. The summed E-state index contributed by atoms with van der Waals surface area (Å²) in [6.45, 7) is 6.33. The number of likely N-dealkylation sites (tertiary alicyclic amines) is 3. The monoisotopic (exact) mass is 1090 g/mol. The molecule has 6 heterocycles. The Kier molecular flexibility index (Phi) is 15.4. The lowest BCUT2D eigenvalue weighted by atomic mass is 9.88. The Morgan fingerprint density at radius 1 is 0.612 bits per heavy atom. The summed E-state index contributed by atoms with van der Waals surface area (Å²) in [6, 6.07) is 16.8. The molecule has 15 heteroatoms. The molecule has 0 bridgehead atoms. The SMILES string of the molecule is CN1CCC(CC(=O)N2CCC(=C3c4ccc(Cl)cc4CCc4cc(Br)cnc43)CC2)CC1.O=C(CN1CCS(=O)(=O)CC1)N1CCC(=C2c3ccc(Cl)cc3CCc3cc(Br)cnc32)CC1. The van der Waals surface area contributed by atoms with Gasteiger partial charge >= 0.3 is 0 Å². The van der Waals surface area contributed by atoms with Crippen LogP contribution < -0.4 is 0 Å². The fraction of sp³-hybridized carbons (Fsp3) is 0.462. The maximum Gasteiger partial charge on any atom is 0.236 e. The molecule has 354 valence electrons. The molecule has 2 amide bonds. The number of rotatable bonds is 4. The van der Waals surface area contributed by atoms with Gasteiger partial charge in [-0.05, 0) is 192 Å². The lowest BCUT2D eigenvalue weighted by molar-refractivity contribution is -0.133. The van der Waals surface area contributed by atoms with Crippen LogP contribution in [-0.4, -0.2) is 127 Å². The van der Waals surface area contributed by atoms with Gasteiger partial charge in [-0.2, -0.15) is 0 Å². The zero-order valence-electron chi connectivity index (χ0n) is 38.1. The number of aromatic nitrogens is 2. The van der Waals surface area contributed by atoms with Gasteiger partial charge in [0.15, 0.2) is 9.84 Å². The number of benzene rings is 2. The molecule has 2 aromatic carbocycles. The summed E-state index contributed by atoms with van der Waals surface area (Å²) in [5, 5.41) is 1.53. The molecule has 0 spiro atoms. The molecule has 6 aliphatic rings. The third-order valence-corrected chi connectivity index (χ3v) is 17.5. The first kappa shape index (κ1) is 48.6. The molecule has 4 aliphatic heterocycles. The molecule has 4 aromatic rings. The van der Waals surface area contributed by atoms with E-state index >= 15 is 0 Å². The fourth-order valence-corrected chi connectivity index (χ4v) is 13.1. The molecule has 4 saturated heterocycles. The van der Waals surface area contributed by atoms with Crippen LogP contribution in [0, 0.1) is 5.92 Å². The minimum atomic E-state index is -2.94. The van der Waals surface area contributed by atoms with Gasteiger partial charge in [-0.1, -0.05) is 46.5 Å². The molecule has 10 rings (SSSR count). The van der Waals surface area contributed by atoms with Crippen molar-refractivity contribution in [1.82, 2.24) is 29.6 Å². The number of carbonyl (C=O) groups is 2. The second-order valence-corrected chi connectivity index (χ2v) is 24.0. The molecule has 0 saturated carbocycles. The smallest absolute Gasteiger partial charge is 0.236 e. The Balaban J connectivity index is 0.000000168. The van der Waals surface area contributed by atoms with E-state index in [1.165, 1.54) is 55.7 Å². The fourth-order valence-electron chi connectivity index (χ4n) is 10.7. The molecule has 2 aliphatic carbocycles. The van der Waals surface area contributed by atoms with E-state index in [1.54, 1.807) is 0 Å². The van der Waals surface area contributed by atoms with E-state index in [-0.39, 0.29) is 17.4 Å². The van der Waals surface area contributed by atoms with Crippen molar-refractivity contribution in [1.29, 1.82) is 0 Å². The molecule has 4 fully saturated rings. The number of piperidine rings is 3. The predicted octanol–water partition coefficient (Wildman–Crippen LogP) is 9.50. The Labute approximate surface area is 422 Å². The van der Waals surface area contributed by atoms with E-state index in [0.29, 0.717) is 51.0 Å². The Morgan fingerprint density at radius 3 is 1.54 bits per heavy atom. The molecule has 10 nitrogen and oxygen atoms in total. The first-order chi connectivity index (χ1) is 32.3. The van der Waals surface area contributed by atoms with Crippen molar-refractivity contribution in [2.75, 3.05) is 77.5 Å². The van der Waals surface area contributed by atoms with Crippen LogP contribution in [0.1, 0.15) is 89.7 Å². The number of sulfone groups is 1. The molecule has 2 aromatic heterocycles. The minimum absolute atomic E-state index is 0.0823. The van der Waals surface area contributed by atoms with Crippen molar-refractivity contribution in [3.63, 3.8) is 0 Å². The van der Waals surface area contributed by atoms with E-state index in [9.17, 15) is 18.0 Å². The summed E-state index contributed by atoms with van der Waals surface area (Å²) in [4.78, 5) is 44.0. The third kappa shape index (κ3) is 11.6. The molecular weight excluding hydrogens is 1040 g/mol. The molecule has 0 N–H and O–H groups in total. The largest absolute Gasteiger partial charge is 0.342 e. The highest BCUT2D eigenvalue weighted by Crippen LogP contribution is 2.41. The second-order valence-electron chi connectivity index (χ2n) is 19.0. The van der Waals surface area contributed by atoms with Crippen LogP contribution >= 0.6 is 55.1 Å². The highest BCUT2D eigenvalue weighted by Gasteiger charge is 2.31. The van der Waals surface area contributed by atoms with Gasteiger partial charge in [-0.3, -0.25) is 24.5 Å². The van der Waals surface area contributed by atoms with E-state index in [0.717, 1.165) is 121 Å². The zero-order valence-corrected chi connectivity index (χ0v) is 43.6. The third-order valence-electron chi connectivity index (χ3n) is 14.6. The number of hydrogen-bond donors (Lipinski definition) is 0. The van der Waals surface area contributed by atoms with Crippen molar-refractivity contribution in [2.45, 2.75) is 70.6 Å². The second kappa shape index (κ2) is 21.3. The summed E-state index contributed by atoms with van der Waals surface area (Å²) in [5.74, 6) is 1.25. The van der Waals surface area contributed by atoms with Crippen molar-refractivity contribution >= 4 is 87.9 Å². The summed E-state index contributed by atoms with van der Waals surface area (Å²) in [7, 11) is -0.774. The van der Waals surface area contributed by atoms with Crippen LogP contribution in [-0.2, 0) is 45.1 Å². The number of hydrogen-bond acceptors (Lipinski definition) is 8. The number of pyridine rings is 2. The number of amides is 2. The highest BCUT2D eigenvalue weighted by atomic mass is 79.9. The standard InChI is InChI=1S/C27H31BrClN3O.C25H27BrClN3O3S/c1-31-10-6-18(7-11-31)14-25(33)32-12-8-19(9-13-32)26-24-5-4-23(29)16-20(24)2-3-21-15-22(28)17-30-27(21)26;26-20-13-19-2-1-18-14-21(27)3-4-22(18)24(25(19)28-15-20)17-5-7-30(8-6-17)23(31)16-29-9-11-34(32,33)12-10-29/h4-5,15-18H,2-3,6-14H2,1H3;3-4,13-15H,1-2,5-12,16H2. The van der Waals surface area contributed by atoms with Gasteiger partial charge in [0.2, 0.25) is 11.8 Å².